The zero-order valence-electron chi connectivity index (χ0n) is 16.0. The molecular formula is C22H20F2N2O3S. The molecule has 1 N–H and O–H groups in total. The Labute approximate surface area is 173 Å². The number of hydrogen-bond acceptors (Lipinski definition) is 3. The van der Waals surface area contributed by atoms with Gasteiger partial charge in [-0.25, -0.2) is 17.2 Å². The number of nitrogens with one attached hydrogen (secondary N) is 1. The van der Waals surface area contributed by atoms with E-state index in [1.807, 2.05) is 42.5 Å². The molecule has 0 atom stereocenters. The first kappa shape index (κ1) is 20.4. The molecule has 0 aromatic heterocycles. The summed E-state index contributed by atoms with van der Waals surface area (Å²) in [6.07, 6.45) is 0.602. The lowest BCUT2D eigenvalue weighted by Crippen LogP contribution is -2.41. The summed E-state index contributed by atoms with van der Waals surface area (Å²) >= 11 is 0. The maximum absolute atomic E-state index is 13.9. The second kappa shape index (κ2) is 8.12. The molecular weight excluding hydrogens is 410 g/mol. The Hall–Kier alpha value is -2.84. The van der Waals surface area contributed by atoms with Crippen LogP contribution in [0.2, 0.25) is 0 Å². The van der Waals surface area contributed by atoms with E-state index in [0.29, 0.717) is 24.6 Å². The van der Waals surface area contributed by atoms with Gasteiger partial charge in [0.05, 0.1) is 0 Å². The van der Waals surface area contributed by atoms with Crippen LogP contribution in [0, 0.1) is 17.6 Å². The highest BCUT2D eigenvalue weighted by Crippen LogP contribution is 2.27. The fourth-order valence-corrected chi connectivity index (χ4v) is 5.23. The Balaban J connectivity index is 1.42. The summed E-state index contributed by atoms with van der Waals surface area (Å²) in [6.45, 7) is 0.127. The molecule has 0 unspecified atom stereocenters. The van der Waals surface area contributed by atoms with Crippen molar-refractivity contribution in [1.29, 1.82) is 0 Å². The molecule has 0 saturated carbocycles. The molecule has 1 amide bonds. The van der Waals surface area contributed by atoms with Crippen molar-refractivity contribution in [3.05, 3.63) is 72.3 Å². The van der Waals surface area contributed by atoms with Crippen LogP contribution in [-0.2, 0) is 14.8 Å². The third-order valence-electron chi connectivity index (χ3n) is 5.35. The van der Waals surface area contributed by atoms with Crippen molar-refractivity contribution in [3.8, 4) is 0 Å². The Morgan fingerprint density at radius 1 is 0.933 bits per heavy atom. The molecule has 4 rings (SSSR count). The van der Waals surface area contributed by atoms with Gasteiger partial charge in [-0.15, -0.1) is 0 Å². The predicted octanol–water partition coefficient (Wildman–Crippen LogP) is 4.16. The number of carbonyl (C=O) groups is 1. The standard InChI is InChI=1S/C22H20F2N2O3S/c23-18-6-8-20(24)21(14-18)30(28,29)26-11-9-16(10-12-26)22(27)25-19-7-5-15-3-1-2-4-17(15)13-19/h1-8,13-14,16H,9-12H2,(H,25,27). The fraction of sp³-hybridized carbons (Fsp3) is 0.227. The number of sulfonamides is 1. The summed E-state index contributed by atoms with van der Waals surface area (Å²) < 4.78 is 53.8. The molecule has 1 aliphatic rings. The van der Waals surface area contributed by atoms with E-state index >= 15 is 0 Å². The van der Waals surface area contributed by atoms with Crippen LogP contribution >= 0.6 is 0 Å². The van der Waals surface area contributed by atoms with Crippen LogP contribution in [0.25, 0.3) is 10.8 Å². The average Bonchev–Trinajstić information content (AvgIpc) is 2.75. The molecule has 0 spiro atoms. The highest BCUT2D eigenvalue weighted by atomic mass is 32.2. The number of hydrogen-bond donors (Lipinski definition) is 1. The molecule has 1 fully saturated rings. The molecule has 8 heteroatoms. The van der Waals surface area contributed by atoms with E-state index < -0.39 is 26.6 Å². The fourth-order valence-electron chi connectivity index (χ4n) is 3.68. The lowest BCUT2D eigenvalue weighted by molar-refractivity contribution is -0.120. The molecule has 0 radical (unpaired) electrons. The van der Waals surface area contributed by atoms with Crippen molar-refractivity contribution in [1.82, 2.24) is 4.31 Å². The first-order valence-corrected chi connectivity index (χ1v) is 11.0. The van der Waals surface area contributed by atoms with Gasteiger partial charge in [0.1, 0.15) is 16.5 Å². The van der Waals surface area contributed by atoms with E-state index in [-0.39, 0.29) is 24.9 Å². The maximum atomic E-state index is 13.9. The first-order chi connectivity index (χ1) is 14.3. The number of carbonyl (C=O) groups excluding carboxylic acids is 1. The zero-order valence-corrected chi connectivity index (χ0v) is 16.8. The Morgan fingerprint density at radius 3 is 2.37 bits per heavy atom. The number of nitrogens with zero attached hydrogens (tertiary/aromatic N) is 1. The van der Waals surface area contributed by atoms with Gasteiger partial charge in [-0.05, 0) is 53.9 Å². The lowest BCUT2D eigenvalue weighted by Gasteiger charge is -2.30. The van der Waals surface area contributed by atoms with Crippen LogP contribution in [0.15, 0.2) is 65.6 Å². The molecule has 1 heterocycles. The number of benzene rings is 3. The summed E-state index contributed by atoms with van der Waals surface area (Å²) in [4.78, 5) is 12.0. The zero-order chi connectivity index (χ0) is 21.3. The van der Waals surface area contributed by atoms with E-state index in [1.54, 1.807) is 0 Å². The van der Waals surface area contributed by atoms with Gasteiger partial charge < -0.3 is 5.32 Å². The largest absolute Gasteiger partial charge is 0.326 e. The molecule has 0 bridgehead atoms. The van der Waals surface area contributed by atoms with Crippen LogP contribution in [0.5, 0.6) is 0 Å². The van der Waals surface area contributed by atoms with Gasteiger partial charge in [-0.2, -0.15) is 4.31 Å². The number of halogens is 2. The van der Waals surface area contributed by atoms with Crippen molar-refractivity contribution in [2.75, 3.05) is 18.4 Å². The molecule has 5 nitrogen and oxygen atoms in total. The molecule has 1 saturated heterocycles. The summed E-state index contributed by atoms with van der Waals surface area (Å²) in [7, 11) is -4.16. The van der Waals surface area contributed by atoms with E-state index in [4.69, 9.17) is 0 Å². The quantitative estimate of drug-likeness (QED) is 0.676. The number of amides is 1. The van der Waals surface area contributed by atoms with Crippen LogP contribution in [0.1, 0.15) is 12.8 Å². The van der Waals surface area contributed by atoms with Crippen molar-refractivity contribution in [3.63, 3.8) is 0 Å². The molecule has 0 aliphatic carbocycles. The molecule has 3 aromatic carbocycles. The van der Waals surface area contributed by atoms with Crippen molar-refractivity contribution in [2.24, 2.45) is 5.92 Å². The highest BCUT2D eigenvalue weighted by molar-refractivity contribution is 7.89. The van der Waals surface area contributed by atoms with Crippen LogP contribution in [-0.4, -0.2) is 31.7 Å². The second-order valence-corrected chi connectivity index (χ2v) is 9.21. The van der Waals surface area contributed by atoms with Gasteiger partial charge >= 0.3 is 0 Å². The Kier molecular flexibility index (Phi) is 5.53. The van der Waals surface area contributed by atoms with Gasteiger partial charge in [-0.3, -0.25) is 4.79 Å². The smallest absolute Gasteiger partial charge is 0.246 e. The van der Waals surface area contributed by atoms with Crippen molar-refractivity contribution < 1.29 is 22.0 Å². The monoisotopic (exact) mass is 430 g/mol. The lowest BCUT2D eigenvalue weighted by atomic mass is 9.97. The minimum Gasteiger partial charge on any atom is -0.326 e. The molecule has 30 heavy (non-hydrogen) atoms. The van der Waals surface area contributed by atoms with Crippen LogP contribution in [0.4, 0.5) is 14.5 Å². The molecule has 156 valence electrons. The number of anilines is 1. The summed E-state index contributed by atoms with van der Waals surface area (Å²) in [6, 6.07) is 15.8. The number of fused-ring (bicyclic) bond motifs is 1. The van der Waals surface area contributed by atoms with E-state index in [9.17, 15) is 22.0 Å². The normalized spacial score (nSPS) is 15.9. The number of piperidine rings is 1. The van der Waals surface area contributed by atoms with Gasteiger partial charge in [0.2, 0.25) is 15.9 Å². The average molecular weight is 430 g/mol. The van der Waals surface area contributed by atoms with Gasteiger partial charge in [0, 0.05) is 24.7 Å². The minimum absolute atomic E-state index is 0.0636. The minimum atomic E-state index is -4.16. The molecule has 3 aromatic rings. The van der Waals surface area contributed by atoms with Crippen LogP contribution < -0.4 is 5.32 Å². The van der Waals surface area contributed by atoms with Crippen molar-refractivity contribution in [2.45, 2.75) is 17.7 Å². The summed E-state index contributed by atoms with van der Waals surface area (Å²) in [5, 5.41) is 4.96. The molecule has 1 aliphatic heterocycles. The van der Waals surface area contributed by atoms with Gasteiger partial charge in [0.15, 0.2) is 0 Å². The number of rotatable bonds is 4. The predicted molar refractivity (Wildman–Crippen MR) is 110 cm³/mol. The van der Waals surface area contributed by atoms with E-state index in [2.05, 4.69) is 5.32 Å². The summed E-state index contributed by atoms with van der Waals surface area (Å²) in [5.41, 5.74) is 0.676. The topological polar surface area (TPSA) is 66.5 Å². The van der Waals surface area contributed by atoms with E-state index in [1.165, 1.54) is 0 Å². The third kappa shape index (κ3) is 4.06. The Bertz CT molecular complexity index is 1210. The SMILES string of the molecule is O=C(Nc1ccc2ccccc2c1)C1CCN(S(=O)(=O)c2cc(F)ccc2F)CC1. The van der Waals surface area contributed by atoms with Crippen LogP contribution in [0.3, 0.4) is 0 Å². The van der Waals surface area contributed by atoms with Gasteiger partial charge in [0.25, 0.3) is 0 Å². The van der Waals surface area contributed by atoms with Crippen molar-refractivity contribution >= 4 is 32.4 Å². The second-order valence-electron chi connectivity index (χ2n) is 7.30. The van der Waals surface area contributed by atoms with Gasteiger partial charge in [-0.1, -0.05) is 30.3 Å². The Morgan fingerprint density at radius 2 is 1.63 bits per heavy atom. The maximum Gasteiger partial charge on any atom is 0.246 e. The summed E-state index contributed by atoms with van der Waals surface area (Å²) in [5.74, 6) is -2.35. The first-order valence-electron chi connectivity index (χ1n) is 9.59. The highest BCUT2D eigenvalue weighted by Gasteiger charge is 2.33. The third-order valence-corrected chi connectivity index (χ3v) is 7.27. The van der Waals surface area contributed by atoms with E-state index in [0.717, 1.165) is 27.2 Å².